The van der Waals surface area contributed by atoms with Gasteiger partial charge in [0.05, 0.1) is 29.8 Å². The summed E-state index contributed by atoms with van der Waals surface area (Å²) >= 11 is 0. The van der Waals surface area contributed by atoms with E-state index in [4.69, 9.17) is 24.2 Å². The molecule has 2 aliphatic rings. The molecule has 0 aliphatic carbocycles. The molecular formula is C22H23F6N3O6. The number of pyridine rings is 1. The number of aliphatic carboxylic acids is 2. The number of anilines is 1. The molecular weight excluding hydrogens is 516 g/mol. The molecule has 1 unspecified atom stereocenters. The zero-order valence-electron chi connectivity index (χ0n) is 19.1. The lowest BCUT2D eigenvalue weighted by Gasteiger charge is -2.38. The van der Waals surface area contributed by atoms with Crippen LogP contribution in [-0.2, 0) is 20.9 Å². The highest BCUT2D eigenvalue weighted by atomic mass is 19.4. The fourth-order valence-electron chi connectivity index (χ4n) is 3.96. The van der Waals surface area contributed by atoms with Crippen molar-refractivity contribution in [3.8, 4) is 0 Å². The van der Waals surface area contributed by atoms with E-state index in [-0.39, 0.29) is 11.3 Å². The van der Waals surface area contributed by atoms with Crippen LogP contribution in [0, 0.1) is 5.41 Å². The van der Waals surface area contributed by atoms with E-state index >= 15 is 0 Å². The first kappa shape index (κ1) is 29.6. The van der Waals surface area contributed by atoms with Crippen molar-refractivity contribution in [3.63, 3.8) is 0 Å². The molecule has 0 saturated carbocycles. The monoisotopic (exact) mass is 539 g/mol. The molecule has 4 rings (SSSR count). The maximum Gasteiger partial charge on any atom is 0.490 e. The first-order valence-corrected chi connectivity index (χ1v) is 10.7. The van der Waals surface area contributed by atoms with Crippen LogP contribution in [-0.4, -0.2) is 69.9 Å². The SMILES string of the molecule is O=C(O)C(F)(F)F.O=C(O)C(F)(F)F.O=C1N(c2cccnc2)CCC12CCCN(Cc1ccoc1)C2. The van der Waals surface area contributed by atoms with Crippen LogP contribution in [0.3, 0.4) is 0 Å². The molecule has 0 aromatic carbocycles. The highest BCUT2D eigenvalue weighted by molar-refractivity contribution is 6.00. The van der Waals surface area contributed by atoms with Crippen LogP contribution in [0.1, 0.15) is 24.8 Å². The van der Waals surface area contributed by atoms with Crippen LogP contribution in [0.2, 0.25) is 0 Å². The van der Waals surface area contributed by atoms with Crippen molar-refractivity contribution in [2.75, 3.05) is 24.5 Å². The van der Waals surface area contributed by atoms with Gasteiger partial charge in [0.25, 0.3) is 0 Å². The third-order valence-electron chi connectivity index (χ3n) is 5.60. The highest BCUT2D eigenvalue weighted by Crippen LogP contribution is 2.42. The zero-order valence-corrected chi connectivity index (χ0v) is 19.1. The van der Waals surface area contributed by atoms with Gasteiger partial charge in [0.2, 0.25) is 5.91 Å². The van der Waals surface area contributed by atoms with E-state index in [2.05, 4.69) is 9.88 Å². The quantitative estimate of drug-likeness (QED) is 0.562. The lowest BCUT2D eigenvalue weighted by molar-refractivity contribution is -0.193. The summed E-state index contributed by atoms with van der Waals surface area (Å²) in [4.78, 5) is 39.3. The van der Waals surface area contributed by atoms with Crippen molar-refractivity contribution in [1.29, 1.82) is 0 Å². The third-order valence-corrected chi connectivity index (χ3v) is 5.60. The minimum atomic E-state index is -5.08. The number of carbonyl (C=O) groups excluding carboxylic acids is 1. The standard InChI is InChI=1S/C18H21N3O2.2C2HF3O2/c22-17-18(6-9-21(17)16-3-1-7-19-11-16)5-2-8-20(14-18)12-15-4-10-23-13-15;2*3-2(4,5)1(6)7/h1,3-4,7,10-11,13H,2,5-6,8-9,12,14H2;2*(H,6,7). The van der Waals surface area contributed by atoms with E-state index in [0.29, 0.717) is 0 Å². The fraction of sp³-hybridized carbons (Fsp3) is 0.455. The Morgan fingerprint density at radius 2 is 1.65 bits per heavy atom. The molecule has 1 amide bonds. The lowest BCUT2D eigenvalue weighted by Crippen LogP contribution is -2.47. The van der Waals surface area contributed by atoms with Gasteiger partial charge in [-0.1, -0.05) is 0 Å². The summed E-state index contributed by atoms with van der Waals surface area (Å²) in [5.41, 5.74) is 1.87. The first-order chi connectivity index (χ1) is 17.2. The number of furan rings is 1. The molecule has 2 aliphatic heterocycles. The van der Waals surface area contributed by atoms with Gasteiger partial charge in [-0.05, 0) is 44.0 Å². The molecule has 1 atom stereocenters. The molecule has 2 aromatic heterocycles. The Hall–Kier alpha value is -3.62. The van der Waals surface area contributed by atoms with E-state index in [9.17, 15) is 31.1 Å². The van der Waals surface area contributed by atoms with Crippen LogP contribution < -0.4 is 4.90 Å². The smallest absolute Gasteiger partial charge is 0.475 e. The van der Waals surface area contributed by atoms with Gasteiger partial charge in [0.1, 0.15) is 0 Å². The van der Waals surface area contributed by atoms with Gasteiger partial charge >= 0.3 is 24.3 Å². The number of nitrogens with zero attached hydrogens (tertiary/aromatic N) is 3. The van der Waals surface area contributed by atoms with Crippen LogP contribution in [0.4, 0.5) is 32.0 Å². The predicted octanol–water partition coefficient (Wildman–Crippen LogP) is 3.96. The van der Waals surface area contributed by atoms with Crippen LogP contribution in [0.25, 0.3) is 0 Å². The Balaban J connectivity index is 0.000000286. The molecule has 2 N–H and O–H groups in total. The van der Waals surface area contributed by atoms with E-state index in [1.807, 2.05) is 23.1 Å². The summed E-state index contributed by atoms with van der Waals surface area (Å²) in [7, 11) is 0. The normalized spacial score (nSPS) is 20.1. The molecule has 1 spiro atoms. The van der Waals surface area contributed by atoms with E-state index in [1.54, 1.807) is 24.9 Å². The Labute approximate surface area is 206 Å². The number of carboxylic acids is 2. The number of amides is 1. The fourth-order valence-corrected chi connectivity index (χ4v) is 3.96. The molecule has 9 nitrogen and oxygen atoms in total. The summed E-state index contributed by atoms with van der Waals surface area (Å²) in [6.07, 6.45) is -0.146. The Kier molecular flexibility index (Phi) is 9.67. The maximum atomic E-state index is 13.1. The average molecular weight is 539 g/mol. The molecule has 0 bridgehead atoms. The Morgan fingerprint density at radius 1 is 1.03 bits per heavy atom. The number of carbonyl (C=O) groups is 3. The molecule has 4 heterocycles. The number of aromatic nitrogens is 1. The first-order valence-electron chi connectivity index (χ1n) is 10.7. The largest absolute Gasteiger partial charge is 0.490 e. The van der Waals surface area contributed by atoms with Gasteiger partial charge in [0.15, 0.2) is 0 Å². The molecule has 2 saturated heterocycles. The number of halogens is 6. The van der Waals surface area contributed by atoms with E-state index in [0.717, 1.165) is 51.1 Å². The average Bonchev–Trinajstić information content (AvgIpc) is 3.43. The van der Waals surface area contributed by atoms with Crippen molar-refractivity contribution in [3.05, 3.63) is 48.7 Å². The van der Waals surface area contributed by atoms with Crippen LogP contribution in [0.15, 0.2) is 47.5 Å². The number of hydrogen-bond donors (Lipinski definition) is 2. The van der Waals surface area contributed by atoms with Crippen LogP contribution >= 0.6 is 0 Å². The van der Waals surface area contributed by atoms with Crippen molar-refractivity contribution < 1.29 is 55.4 Å². The predicted molar refractivity (Wildman–Crippen MR) is 114 cm³/mol. The van der Waals surface area contributed by atoms with Crippen molar-refractivity contribution in [2.24, 2.45) is 5.41 Å². The van der Waals surface area contributed by atoms with Crippen molar-refractivity contribution >= 4 is 23.5 Å². The van der Waals surface area contributed by atoms with Gasteiger partial charge in [-0.3, -0.25) is 14.7 Å². The summed E-state index contributed by atoms with van der Waals surface area (Å²) < 4.78 is 68.6. The van der Waals surface area contributed by atoms with Gasteiger partial charge in [-0.25, -0.2) is 9.59 Å². The van der Waals surface area contributed by atoms with Gasteiger partial charge in [-0.2, -0.15) is 26.3 Å². The number of alkyl halides is 6. The molecule has 2 fully saturated rings. The van der Waals surface area contributed by atoms with Gasteiger partial charge < -0.3 is 19.5 Å². The molecule has 204 valence electrons. The van der Waals surface area contributed by atoms with E-state index < -0.39 is 24.3 Å². The molecule has 37 heavy (non-hydrogen) atoms. The lowest BCUT2D eigenvalue weighted by atomic mass is 9.78. The summed E-state index contributed by atoms with van der Waals surface area (Å²) in [5, 5.41) is 14.2. The number of likely N-dealkylation sites (tertiary alicyclic amines) is 1. The van der Waals surface area contributed by atoms with Gasteiger partial charge in [0, 0.05) is 31.4 Å². The number of hydrogen-bond acceptors (Lipinski definition) is 6. The molecule has 2 aromatic rings. The van der Waals surface area contributed by atoms with Crippen molar-refractivity contribution in [1.82, 2.24) is 9.88 Å². The highest BCUT2D eigenvalue weighted by Gasteiger charge is 2.49. The number of carboxylic acid groups (broad SMARTS) is 2. The second-order valence-electron chi connectivity index (χ2n) is 8.25. The zero-order chi connectivity index (χ0) is 27.9. The maximum absolute atomic E-state index is 13.1. The second kappa shape index (κ2) is 12.1. The van der Waals surface area contributed by atoms with Crippen molar-refractivity contribution in [2.45, 2.75) is 38.2 Å². The minimum Gasteiger partial charge on any atom is -0.475 e. The third kappa shape index (κ3) is 8.48. The molecule has 0 radical (unpaired) electrons. The second-order valence-corrected chi connectivity index (χ2v) is 8.25. The minimum absolute atomic E-state index is 0.224. The van der Waals surface area contributed by atoms with Gasteiger partial charge in [-0.15, -0.1) is 0 Å². The Morgan fingerprint density at radius 3 is 2.14 bits per heavy atom. The number of rotatable bonds is 3. The number of piperidine rings is 1. The molecule has 15 heteroatoms. The van der Waals surface area contributed by atoms with E-state index in [1.165, 1.54) is 5.56 Å². The summed E-state index contributed by atoms with van der Waals surface area (Å²) in [5.74, 6) is -5.25. The topological polar surface area (TPSA) is 124 Å². The van der Waals surface area contributed by atoms with Crippen LogP contribution in [0.5, 0.6) is 0 Å². The Bertz CT molecular complexity index is 1020. The summed E-state index contributed by atoms with van der Waals surface area (Å²) in [6.45, 7) is 3.55. The summed E-state index contributed by atoms with van der Waals surface area (Å²) in [6, 6.07) is 5.86.